The summed E-state index contributed by atoms with van der Waals surface area (Å²) < 4.78 is 4.33. The van der Waals surface area contributed by atoms with Crippen molar-refractivity contribution in [1.82, 2.24) is 0 Å². The second-order valence-electron chi connectivity index (χ2n) is 0.354. The van der Waals surface area contributed by atoms with Crippen LogP contribution >= 0.6 is 0 Å². The molecule has 0 spiro atoms. The zero-order valence-electron chi connectivity index (χ0n) is 2.49. The molecule has 0 aromatic carbocycles. The van der Waals surface area contributed by atoms with Gasteiger partial charge in [0.2, 0.25) is 0 Å². The van der Waals surface area contributed by atoms with Crippen LogP contribution in [0.3, 0.4) is 0 Å². The van der Waals surface area contributed by atoms with Crippen molar-refractivity contribution in [3.63, 3.8) is 0 Å². The average Bonchev–Trinajstić information content (AvgIpc) is 1.37. The Morgan fingerprint density at radius 2 is 2.25 bits per heavy atom. The number of ether oxygens (including phenoxy) is 1. The lowest BCUT2D eigenvalue weighted by atomic mass is 11.5. The standard InChI is InChI=1S/C2H4OSi/c1-3-2-4/h2H,1H3. The molecule has 0 rings (SSSR count). The molecule has 2 radical (unpaired) electrons. The van der Waals surface area contributed by atoms with Crippen molar-refractivity contribution in [2.75, 3.05) is 7.11 Å². The van der Waals surface area contributed by atoms with E-state index in [0.717, 1.165) is 0 Å². The van der Waals surface area contributed by atoms with Crippen molar-refractivity contribution in [2.45, 2.75) is 0 Å². The summed E-state index contributed by atoms with van der Waals surface area (Å²) in [5.41, 5.74) is 0. The molecule has 0 unspecified atom stereocenters. The molecule has 0 aromatic rings. The molecule has 0 heterocycles. The molecule has 22 valence electrons. The second-order valence-corrected chi connectivity index (χ2v) is 0.589. The first kappa shape index (κ1) is 3.89. The van der Waals surface area contributed by atoms with Gasteiger partial charge in [0.05, 0.1) is 22.8 Å². The molecule has 0 aliphatic carbocycles. The van der Waals surface area contributed by atoms with Crippen molar-refractivity contribution < 1.29 is 4.74 Å². The Kier molecular flexibility index (Phi) is 2.81. The Morgan fingerprint density at radius 1 is 2.00 bits per heavy atom. The Balaban J connectivity index is 2.30. The largest absolute Gasteiger partial charge is 0.510 e. The van der Waals surface area contributed by atoms with Crippen LogP contribution in [-0.4, -0.2) is 22.8 Å². The monoisotopic (exact) mass is 72.0 g/mol. The van der Waals surface area contributed by atoms with Gasteiger partial charge in [-0.15, -0.1) is 0 Å². The van der Waals surface area contributed by atoms with E-state index in [4.69, 9.17) is 0 Å². The zero-order chi connectivity index (χ0) is 3.41. The van der Waals surface area contributed by atoms with E-state index in [1.165, 1.54) is 5.86 Å². The van der Waals surface area contributed by atoms with Crippen molar-refractivity contribution in [2.24, 2.45) is 0 Å². The van der Waals surface area contributed by atoms with Gasteiger partial charge in [0.15, 0.2) is 0 Å². The smallest absolute Gasteiger partial charge is 0.0814 e. The van der Waals surface area contributed by atoms with Gasteiger partial charge in [-0.3, -0.25) is 0 Å². The molecule has 1 nitrogen and oxygen atoms in total. The normalized spacial score (nSPS) is 5.25. The van der Waals surface area contributed by atoms with Crippen molar-refractivity contribution >= 4 is 15.7 Å². The van der Waals surface area contributed by atoms with Crippen molar-refractivity contribution in [3.8, 4) is 0 Å². The predicted octanol–water partition coefficient (Wildman–Crippen LogP) is -0.439. The molecule has 0 atom stereocenters. The molecule has 0 aromatic heterocycles. The summed E-state index contributed by atoms with van der Waals surface area (Å²) in [5, 5.41) is 0. The molecule has 2 heteroatoms. The molecule has 0 aliphatic rings. The van der Waals surface area contributed by atoms with E-state index in [-0.39, 0.29) is 0 Å². The Morgan fingerprint density at radius 3 is 2.25 bits per heavy atom. The van der Waals surface area contributed by atoms with E-state index in [1.54, 1.807) is 7.11 Å². The van der Waals surface area contributed by atoms with Crippen LogP contribution in [0.25, 0.3) is 0 Å². The molecule has 0 bridgehead atoms. The van der Waals surface area contributed by atoms with Crippen molar-refractivity contribution in [1.29, 1.82) is 0 Å². The molecular weight excluding hydrogens is 68.1 g/mol. The van der Waals surface area contributed by atoms with Gasteiger partial charge in [-0.2, -0.15) is 0 Å². The maximum absolute atomic E-state index is 4.33. The Bertz CT molecular complexity index is 20.0. The first-order chi connectivity index (χ1) is 1.91. The molecule has 0 N–H and O–H groups in total. The van der Waals surface area contributed by atoms with Crippen molar-refractivity contribution in [3.05, 3.63) is 0 Å². The highest BCUT2D eigenvalue weighted by molar-refractivity contribution is 6.24. The topological polar surface area (TPSA) is 9.23 Å². The lowest BCUT2D eigenvalue weighted by Crippen LogP contribution is -1.70. The number of hydrogen-bond acceptors (Lipinski definition) is 1. The van der Waals surface area contributed by atoms with E-state index >= 15 is 0 Å². The molecule has 0 fully saturated rings. The Labute approximate surface area is 28.6 Å². The van der Waals surface area contributed by atoms with E-state index in [9.17, 15) is 0 Å². The van der Waals surface area contributed by atoms with Crippen LogP contribution in [0.5, 0.6) is 0 Å². The minimum absolute atomic E-state index is 1.43. The highest BCUT2D eigenvalue weighted by atomic mass is 28.1. The van der Waals surface area contributed by atoms with Gasteiger partial charge < -0.3 is 4.74 Å². The fraction of sp³-hybridized carbons (Fsp3) is 0.500. The fourth-order valence-electron chi connectivity index (χ4n) is 0. The first-order valence-corrected chi connectivity index (χ1v) is 1.51. The van der Waals surface area contributed by atoms with Gasteiger partial charge >= 0.3 is 0 Å². The second kappa shape index (κ2) is 2.89. The van der Waals surface area contributed by atoms with Crippen LogP contribution in [0.15, 0.2) is 0 Å². The average molecular weight is 72.1 g/mol. The molecular formula is C2H4OSi. The zero-order valence-corrected chi connectivity index (χ0v) is 3.49. The van der Waals surface area contributed by atoms with Gasteiger partial charge in [-0.05, 0) is 0 Å². The quantitative estimate of drug-likeness (QED) is 0.382. The minimum atomic E-state index is 1.43. The van der Waals surface area contributed by atoms with Gasteiger partial charge in [-0.25, -0.2) is 0 Å². The summed E-state index contributed by atoms with van der Waals surface area (Å²) in [5.74, 6) is 1.43. The lowest BCUT2D eigenvalue weighted by Gasteiger charge is -1.73. The third kappa shape index (κ3) is 1.89. The SMILES string of the molecule is COC=[Si]. The number of rotatable bonds is 1. The van der Waals surface area contributed by atoms with Crippen LogP contribution in [-0.2, 0) is 4.74 Å². The molecule has 0 amide bonds. The summed E-state index contributed by atoms with van der Waals surface area (Å²) in [7, 11) is 4.52. The van der Waals surface area contributed by atoms with E-state index < -0.39 is 0 Å². The maximum Gasteiger partial charge on any atom is 0.0814 e. The molecule has 0 saturated heterocycles. The summed E-state index contributed by atoms with van der Waals surface area (Å²) in [6, 6.07) is 0. The minimum Gasteiger partial charge on any atom is -0.510 e. The van der Waals surface area contributed by atoms with Crippen LogP contribution in [0.4, 0.5) is 0 Å². The van der Waals surface area contributed by atoms with Crippen LogP contribution in [0.1, 0.15) is 0 Å². The third-order valence-electron chi connectivity index (χ3n) is 0.118. The van der Waals surface area contributed by atoms with Gasteiger partial charge in [0.25, 0.3) is 0 Å². The predicted molar refractivity (Wildman–Crippen MR) is 18.8 cm³/mol. The lowest BCUT2D eigenvalue weighted by molar-refractivity contribution is 0.431. The highest BCUT2D eigenvalue weighted by Gasteiger charge is 1.36. The molecule has 0 aliphatic heterocycles. The van der Waals surface area contributed by atoms with Crippen LogP contribution < -0.4 is 0 Å². The van der Waals surface area contributed by atoms with E-state index in [2.05, 4.69) is 14.6 Å². The number of methoxy groups -OCH3 is 1. The summed E-state index contributed by atoms with van der Waals surface area (Å²) >= 11 is 0. The molecule has 0 saturated carbocycles. The first-order valence-electron chi connectivity index (χ1n) is 0.933. The van der Waals surface area contributed by atoms with Gasteiger partial charge in [0.1, 0.15) is 0 Å². The summed E-state index contributed by atoms with van der Waals surface area (Å²) in [6.45, 7) is 0. The fourth-order valence-corrected chi connectivity index (χ4v) is 0. The van der Waals surface area contributed by atoms with Gasteiger partial charge in [0, 0.05) is 0 Å². The highest BCUT2D eigenvalue weighted by Crippen LogP contribution is 1.34. The molecule has 4 heavy (non-hydrogen) atoms. The Hall–Kier alpha value is -0.113. The number of hydrogen-bond donors (Lipinski definition) is 0. The third-order valence-corrected chi connectivity index (χ3v) is 0.354. The maximum atomic E-state index is 4.33. The summed E-state index contributed by atoms with van der Waals surface area (Å²) in [6.07, 6.45) is 0. The van der Waals surface area contributed by atoms with Crippen LogP contribution in [0, 0.1) is 0 Å². The summed E-state index contributed by atoms with van der Waals surface area (Å²) in [4.78, 5) is 0. The van der Waals surface area contributed by atoms with E-state index in [0.29, 0.717) is 0 Å². The van der Waals surface area contributed by atoms with E-state index in [1.807, 2.05) is 0 Å². The van der Waals surface area contributed by atoms with Crippen LogP contribution in [0.2, 0.25) is 0 Å². The van der Waals surface area contributed by atoms with Gasteiger partial charge in [-0.1, -0.05) is 0 Å².